The maximum absolute atomic E-state index is 5.72. The van der Waals surface area contributed by atoms with Gasteiger partial charge in [0.1, 0.15) is 11.4 Å². The summed E-state index contributed by atoms with van der Waals surface area (Å²) in [6, 6.07) is 5.75. The van der Waals surface area contributed by atoms with Gasteiger partial charge in [0.15, 0.2) is 0 Å². The minimum atomic E-state index is -0.493. The number of hydrogen-bond acceptors (Lipinski definition) is 3. The van der Waals surface area contributed by atoms with Crippen LogP contribution in [-0.2, 0) is 10.3 Å². The highest BCUT2D eigenvalue weighted by Gasteiger charge is 2.27. The van der Waals surface area contributed by atoms with E-state index in [2.05, 4.69) is 15.9 Å². The lowest BCUT2D eigenvalue weighted by Crippen LogP contribution is -2.34. The summed E-state index contributed by atoms with van der Waals surface area (Å²) in [7, 11) is 3.29. The highest BCUT2D eigenvalue weighted by Crippen LogP contribution is 2.33. The first kappa shape index (κ1) is 12.5. The largest absolute Gasteiger partial charge is 0.497 e. The predicted octanol–water partition coefficient (Wildman–Crippen LogP) is 2.28. The molecule has 2 N–H and O–H groups in total. The van der Waals surface area contributed by atoms with Crippen LogP contribution in [0.25, 0.3) is 0 Å². The number of rotatable bonds is 4. The van der Waals surface area contributed by atoms with Gasteiger partial charge in [-0.05, 0) is 25.1 Å². The van der Waals surface area contributed by atoms with E-state index < -0.39 is 5.60 Å². The van der Waals surface area contributed by atoms with Crippen LogP contribution >= 0.6 is 15.9 Å². The molecule has 0 saturated heterocycles. The Labute approximate surface area is 98.7 Å². The van der Waals surface area contributed by atoms with Crippen LogP contribution in [0, 0.1) is 0 Å². The van der Waals surface area contributed by atoms with E-state index >= 15 is 0 Å². The average molecular weight is 274 g/mol. The van der Waals surface area contributed by atoms with Crippen LogP contribution in [0.5, 0.6) is 5.75 Å². The van der Waals surface area contributed by atoms with Gasteiger partial charge in [-0.2, -0.15) is 0 Å². The van der Waals surface area contributed by atoms with E-state index in [-0.39, 0.29) is 0 Å². The second-order valence-corrected chi connectivity index (χ2v) is 4.34. The van der Waals surface area contributed by atoms with Gasteiger partial charge in [0.25, 0.3) is 0 Å². The Kier molecular flexibility index (Phi) is 4.13. The lowest BCUT2D eigenvalue weighted by molar-refractivity contribution is 0.00932. The first-order chi connectivity index (χ1) is 7.07. The number of benzene rings is 1. The van der Waals surface area contributed by atoms with Crippen molar-refractivity contribution in [2.24, 2.45) is 5.73 Å². The maximum Gasteiger partial charge on any atom is 0.119 e. The zero-order valence-electron chi connectivity index (χ0n) is 9.21. The zero-order chi connectivity index (χ0) is 11.5. The summed E-state index contributed by atoms with van der Waals surface area (Å²) in [5.74, 6) is 0.796. The summed E-state index contributed by atoms with van der Waals surface area (Å²) < 4.78 is 11.6. The summed E-state index contributed by atoms with van der Waals surface area (Å²) in [5.41, 5.74) is 6.22. The quantitative estimate of drug-likeness (QED) is 0.916. The standard InChI is InChI=1S/C11H16BrNO2/c1-11(7-13,15-3)9-6-8(14-2)4-5-10(9)12/h4-6H,7,13H2,1-3H3. The monoisotopic (exact) mass is 273 g/mol. The van der Waals surface area contributed by atoms with Crippen molar-refractivity contribution in [2.75, 3.05) is 20.8 Å². The van der Waals surface area contributed by atoms with Crippen LogP contribution in [-0.4, -0.2) is 20.8 Å². The highest BCUT2D eigenvalue weighted by molar-refractivity contribution is 9.10. The molecule has 15 heavy (non-hydrogen) atoms. The molecule has 0 spiro atoms. The first-order valence-corrected chi connectivity index (χ1v) is 5.46. The molecule has 0 fully saturated rings. The fourth-order valence-electron chi connectivity index (χ4n) is 1.34. The van der Waals surface area contributed by atoms with Gasteiger partial charge in [-0.25, -0.2) is 0 Å². The van der Waals surface area contributed by atoms with E-state index in [0.29, 0.717) is 6.54 Å². The maximum atomic E-state index is 5.72. The van der Waals surface area contributed by atoms with Gasteiger partial charge in [-0.15, -0.1) is 0 Å². The van der Waals surface area contributed by atoms with Crippen molar-refractivity contribution in [3.8, 4) is 5.75 Å². The lowest BCUT2D eigenvalue weighted by Gasteiger charge is -2.28. The molecule has 3 nitrogen and oxygen atoms in total. The average Bonchev–Trinajstić information content (AvgIpc) is 2.28. The van der Waals surface area contributed by atoms with Crippen molar-refractivity contribution >= 4 is 15.9 Å². The molecule has 1 rings (SSSR count). The molecule has 0 saturated carbocycles. The SMILES string of the molecule is COc1ccc(Br)c(C(C)(CN)OC)c1. The van der Waals surface area contributed by atoms with Crippen molar-refractivity contribution in [1.82, 2.24) is 0 Å². The van der Waals surface area contributed by atoms with Gasteiger partial charge in [-0.3, -0.25) is 0 Å². The Bertz CT molecular complexity index is 337. The van der Waals surface area contributed by atoms with Gasteiger partial charge < -0.3 is 15.2 Å². The van der Waals surface area contributed by atoms with Gasteiger partial charge in [-0.1, -0.05) is 15.9 Å². The van der Waals surface area contributed by atoms with Crippen molar-refractivity contribution < 1.29 is 9.47 Å². The molecular formula is C11H16BrNO2. The number of hydrogen-bond donors (Lipinski definition) is 1. The minimum Gasteiger partial charge on any atom is -0.497 e. The first-order valence-electron chi connectivity index (χ1n) is 4.66. The lowest BCUT2D eigenvalue weighted by atomic mass is 9.96. The van der Waals surface area contributed by atoms with E-state index in [4.69, 9.17) is 15.2 Å². The molecule has 0 amide bonds. The summed E-state index contributed by atoms with van der Waals surface area (Å²) in [6.45, 7) is 2.36. The molecule has 1 aromatic carbocycles. The van der Waals surface area contributed by atoms with Crippen molar-refractivity contribution in [3.63, 3.8) is 0 Å². The molecule has 0 aromatic heterocycles. The number of halogens is 1. The Balaban J connectivity index is 3.21. The molecule has 0 bridgehead atoms. The molecule has 0 radical (unpaired) electrons. The van der Waals surface area contributed by atoms with Crippen LogP contribution in [0.4, 0.5) is 0 Å². The van der Waals surface area contributed by atoms with E-state index in [9.17, 15) is 0 Å². The summed E-state index contributed by atoms with van der Waals surface area (Å²) >= 11 is 3.49. The highest BCUT2D eigenvalue weighted by atomic mass is 79.9. The van der Waals surface area contributed by atoms with Gasteiger partial charge in [0.05, 0.1) is 7.11 Å². The normalized spacial score (nSPS) is 14.7. The molecule has 0 heterocycles. The Hall–Kier alpha value is -0.580. The van der Waals surface area contributed by atoms with Crippen LogP contribution in [0.1, 0.15) is 12.5 Å². The second-order valence-electron chi connectivity index (χ2n) is 3.48. The van der Waals surface area contributed by atoms with Gasteiger partial charge in [0.2, 0.25) is 0 Å². The van der Waals surface area contributed by atoms with E-state index in [1.54, 1.807) is 14.2 Å². The molecule has 0 aliphatic rings. The van der Waals surface area contributed by atoms with E-state index in [1.807, 2.05) is 25.1 Å². The number of ether oxygens (including phenoxy) is 2. The molecule has 1 aromatic rings. The Morgan fingerprint density at radius 2 is 2.07 bits per heavy atom. The fourth-order valence-corrected chi connectivity index (χ4v) is 2.01. The molecule has 84 valence electrons. The molecule has 0 aliphatic heterocycles. The van der Waals surface area contributed by atoms with Crippen molar-refractivity contribution in [2.45, 2.75) is 12.5 Å². The van der Waals surface area contributed by atoms with Crippen molar-refractivity contribution in [1.29, 1.82) is 0 Å². The summed E-state index contributed by atoms with van der Waals surface area (Å²) in [5, 5.41) is 0. The number of methoxy groups -OCH3 is 2. The number of nitrogens with two attached hydrogens (primary N) is 1. The fraction of sp³-hybridized carbons (Fsp3) is 0.455. The van der Waals surface area contributed by atoms with Crippen LogP contribution in [0.2, 0.25) is 0 Å². The Morgan fingerprint density at radius 3 is 2.53 bits per heavy atom. The van der Waals surface area contributed by atoms with Crippen molar-refractivity contribution in [3.05, 3.63) is 28.2 Å². The topological polar surface area (TPSA) is 44.5 Å². The molecule has 1 unspecified atom stereocenters. The predicted molar refractivity (Wildman–Crippen MR) is 64.1 cm³/mol. The second kappa shape index (κ2) is 4.96. The van der Waals surface area contributed by atoms with Gasteiger partial charge in [0, 0.05) is 23.7 Å². The van der Waals surface area contributed by atoms with Crippen LogP contribution in [0.15, 0.2) is 22.7 Å². The van der Waals surface area contributed by atoms with Crippen LogP contribution < -0.4 is 10.5 Å². The molecular weight excluding hydrogens is 258 g/mol. The molecule has 1 atom stereocenters. The third-order valence-electron chi connectivity index (χ3n) is 2.58. The van der Waals surface area contributed by atoms with E-state index in [1.165, 1.54) is 0 Å². The molecule has 0 aliphatic carbocycles. The summed E-state index contributed by atoms with van der Waals surface area (Å²) in [6.07, 6.45) is 0. The molecule has 4 heteroatoms. The van der Waals surface area contributed by atoms with Crippen LogP contribution in [0.3, 0.4) is 0 Å². The van der Waals surface area contributed by atoms with E-state index in [0.717, 1.165) is 15.8 Å². The third-order valence-corrected chi connectivity index (χ3v) is 3.27. The summed E-state index contributed by atoms with van der Waals surface area (Å²) in [4.78, 5) is 0. The zero-order valence-corrected chi connectivity index (χ0v) is 10.8. The Morgan fingerprint density at radius 1 is 1.40 bits per heavy atom. The minimum absolute atomic E-state index is 0.412. The smallest absolute Gasteiger partial charge is 0.119 e. The van der Waals surface area contributed by atoms with Gasteiger partial charge >= 0.3 is 0 Å². The third kappa shape index (κ3) is 2.51.